The Bertz CT molecular complexity index is 761. The van der Waals surface area contributed by atoms with Crippen molar-refractivity contribution in [3.05, 3.63) is 42.5 Å². The van der Waals surface area contributed by atoms with Crippen molar-refractivity contribution in [1.29, 1.82) is 0 Å². The van der Waals surface area contributed by atoms with Gasteiger partial charge in [0.1, 0.15) is 5.75 Å². The van der Waals surface area contributed by atoms with Gasteiger partial charge in [0.15, 0.2) is 6.10 Å². The van der Waals surface area contributed by atoms with Gasteiger partial charge in [0.2, 0.25) is 0 Å². The number of carbonyl (C=O) groups excluding carboxylic acids is 1. The number of ether oxygens (including phenoxy) is 1. The highest BCUT2D eigenvalue weighted by Crippen LogP contribution is 2.26. The third kappa shape index (κ3) is 5.48. The van der Waals surface area contributed by atoms with E-state index in [4.69, 9.17) is 4.74 Å². The van der Waals surface area contributed by atoms with Gasteiger partial charge in [-0.3, -0.25) is 4.79 Å². The van der Waals surface area contributed by atoms with Crippen molar-refractivity contribution in [2.24, 2.45) is 11.8 Å². The molecule has 3 atom stereocenters. The molecule has 3 rings (SSSR count). The highest BCUT2D eigenvalue weighted by atomic mass is 16.5. The third-order valence-corrected chi connectivity index (χ3v) is 5.58. The van der Waals surface area contributed by atoms with Gasteiger partial charge in [-0.05, 0) is 49.1 Å². The van der Waals surface area contributed by atoms with Crippen LogP contribution in [0.15, 0.2) is 42.5 Å². The Balaban J connectivity index is 1.48. The molecule has 2 aromatic carbocycles. The van der Waals surface area contributed by atoms with Crippen LogP contribution in [-0.2, 0) is 4.79 Å². The van der Waals surface area contributed by atoms with Gasteiger partial charge in [-0.25, -0.2) is 0 Å². The number of likely N-dealkylation sites (tertiary alicyclic amines) is 1. The van der Waals surface area contributed by atoms with Crippen LogP contribution in [0, 0.1) is 11.8 Å². The van der Waals surface area contributed by atoms with E-state index in [0.29, 0.717) is 13.0 Å². The van der Waals surface area contributed by atoms with E-state index < -0.39 is 6.10 Å². The van der Waals surface area contributed by atoms with E-state index in [-0.39, 0.29) is 5.91 Å². The quantitative estimate of drug-likeness (QED) is 0.685. The fraction of sp³-hybridized carbons (Fsp3) is 0.542. The van der Waals surface area contributed by atoms with Crippen molar-refractivity contribution in [3.63, 3.8) is 0 Å². The smallest absolute Gasteiger partial charge is 0.261 e. The van der Waals surface area contributed by atoms with E-state index in [9.17, 15) is 4.79 Å². The molecule has 1 aliphatic heterocycles. The maximum atomic E-state index is 12.6. The van der Waals surface area contributed by atoms with Crippen LogP contribution in [0.4, 0.5) is 0 Å². The highest BCUT2D eigenvalue weighted by molar-refractivity contribution is 5.89. The molecule has 1 amide bonds. The Morgan fingerprint density at radius 2 is 1.86 bits per heavy atom. The Hall–Kier alpha value is -2.07. The van der Waals surface area contributed by atoms with E-state index in [1.807, 2.05) is 37.3 Å². The van der Waals surface area contributed by atoms with Gasteiger partial charge in [0.25, 0.3) is 5.91 Å². The first-order valence-electron chi connectivity index (χ1n) is 10.7. The van der Waals surface area contributed by atoms with Crippen LogP contribution in [0.5, 0.6) is 5.75 Å². The van der Waals surface area contributed by atoms with Crippen LogP contribution in [-0.4, -0.2) is 43.1 Å². The van der Waals surface area contributed by atoms with Crippen molar-refractivity contribution < 1.29 is 9.53 Å². The molecule has 4 nitrogen and oxygen atoms in total. The van der Waals surface area contributed by atoms with E-state index in [0.717, 1.165) is 41.3 Å². The van der Waals surface area contributed by atoms with Crippen LogP contribution in [0.3, 0.4) is 0 Å². The largest absolute Gasteiger partial charge is 0.480 e. The molecule has 2 aromatic rings. The summed E-state index contributed by atoms with van der Waals surface area (Å²) in [5.74, 6) is 2.31. The minimum Gasteiger partial charge on any atom is -0.480 e. The summed E-state index contributed by atoms with van der Waals surface area (Å²) >= 11 is 0. The standard InChI is InChI=1S/C24H34N2O2/c1-4-22(28-23-12-7-10-20-9-5-6-11-21(20)23)24(27)25-13-8-14-26-16-18(2)15-19(3)17-26/h5-7,9-12,18-19,22H,4,8,13-17H2,1-3H3,(H,25,27)/t18-,19+,22-/m0/s1. The SMILES string of the molecule is CC[C@H](Oc1cccc2ccccc12)C(=O)NCCCN1C[C@H](C)C[C@H](C)C1. The van der Waals surface area contributed by atoms with Gasteiger partial charge >= 0.3 is 0 Å². The first kappa shape index (κ1) is 20.7. The summed E-state index contributed by atoms with van der Waals surface area (Å²) in [4.78, 5) is 15.2. The maximum absolute atomic E-state index is 12.6. The normalized spacial score (nSPS) is 21.4. The van der Waals surface area contributed by atoms with Gasteiger partial charge in [-0.2, -0.15) is 0 Å². The van der Waals surface area contributed by atoms with E-state index in [1.54, 1.807) is 0 Å². The second-order valence-corrected chi connectivity index (χ2v) is 8.34. The number of rotatable bonds is 8. The number of piperidine rings is 1. The fourth-order valence-corrected chi connectivity index (χ4v) is 4.38. The fourth-order valence-electron chi connectivity index (χ4n) is 4.38. The molecule has 0 bridgehead atoms. The predicted molar refractivity (Wildman–Crippen MR) is 116 cm³/mol. The Morgan fingerprint density at radius 3 is 2.61 bits per heavy atom. The lowest BCUT2D eigenvalue weighted by Crippen LogP contribution is -2.41. The summed E-state index contributed by atoms with van der Waals surface area (Å²) in [6.45, 7) is 10.8. The molecule has 0 spiro atoms. The van der Waals surface area contributed by atoms with Gasteiger partial charge in [0.05, 0.1) is 0 Å². The topological polar surface area (TPSA) is 41.6 Å². The summed E-state index contributed by atoms with van der Waals surface area (Å²) in [5.41, 5.74) is 0. The lowest BCUT2D eigenvalue weighted by Gasteiger charge is -2.35. The predicted octanol–water partition coefficient (Wildman–Crippen LogP) is 4.48. The van der Waals surface area contributed by atoms with Crippen LogP contribution in [0.2, 0.25) is 0 Å². The first-order valence-corrected chi connectivity index (χ1v) is 10.7. The summed E-state index contributed by atoms with van der Waals surface area (Å²) in [7, 11) is 0. The van der Waals surface area contributed by atoms with Gasteiger partial charge in [0, 0.05) is 25.0 Å². The third-order valence-electron chi connectivity index (χ3n) is 5.58. The first-order chi connectivity index (χ1) is 13.6. The maximum Gasteiger partial charge on any atom is 0.261 e. The summed E-state index contributed by atoms with van der Waals surface area (Å²) in [5, 5.41) is 5.24. The molecule has 0 unspecified atom stereocenters. The summed E-state index contributed by atoms with van der Waals surface area (Å²) in [6.07, 6.45) is 2.50. The molecule has 1 saturated heterocycles. The summed E-state index contributed by atoms with van der Waals surface area (Å²) < 4.78 is 6.09. The minimum absolute atomic E-state index is 0.0178. The Labute approximate surface area is 169 Å². The van der Waals surface area contributed by atoms with Gasteiger partial charge in [-0.15, -0.1) is 0 Å². The van der Waals surface area contributed by atoms with E-state index >= 15 is 0 Å². The zero-order valence-corrected chi connectivity index (χ0v) is 17.5. The number of nitrogens with one attached hydrogen (secondary N) is 1. The molecule has 0 aliphatic carbocycles. The number of nitrogens with zero attached hydrogens (tertiary/aromatic N) is 1. The number of amides is 1. The molecule has 152 valence electrons. The zero-order chi connectivity index (χ0) is 19.9. The van der Waals surface area contributed by atoms with Gasteiger partial charge in [-0.1, -0.05) is 57.2 Å². The zero-order valence-electron chi connectivity index (χ0n) is 17.5. The number of benzene rings is 2. The Kier molecular flexibility index (Phi) is 7.32. The lowest BCUT2D eigenvalue weighted by atomic mass is 9.92. The molecular formula is C24H34N2O2. The van der Waals surface area contributed by atoms with Crippen molar-refractivity contribution in [2.75, 3.05) is 26.2 Å². The average Bonchev–Trinajstić information content (AvgIpc) is 2.68. The van der Waals surface area contributed by atoms with Crippen LogP contribution < -0.4 is 10.1 Å². The van der Waals surface area contributed by atoms with Gasteiger partial charge < -0.3 is 15.0 Å². The molecule has 0 radical (unpaired) electrons. The lowest BCUT2D eigenvalue weighted by molar-refractivity contribution is -0.128. The van der Waals surface area contributed by atoms with Crippen molar-refractivity contribution in [3.8, 4) is 5.75 Å². The molecular weight excluding hydrogens is 348 g/mol. The van der Waals surface area contributed by atoms with Crippen molar-refractivity contribution in [1.82, 2.24) is 10.2 Å². The Morgan fingerprint density at radius 1 is 1.14 bits per heavy atom. The highest BCUT2D eigenvalue weighted by Gasteiger charge is 2.22. The minimum atomic E-state index is -0.458. The monoisotopic (exact) mass is 382 g/mol. The second kappa shape index (κ2) is 9.92. The number of fused-ring (bicyclic) bond motifs is 1. The van der Waals surface area contributed by atoms with Crippen molar-refractivity contribution >= 4 is 16.7 Å². The molecule has 1 N–H and O–H groups in total. The molecule has 0 aromatic heterocycles. The summed E-state index contributed by atoms with van der Waals surface area (Å²) in [6, 6.07) is 14.1. The average molecular weight is 383 g/mol. The number of hydrogen-bond donors (Lipinski definition) is 1. The molecule has 28 heavy (non-hydrogen) atoms. The van der Waals surface area contributed by atoms with Crippen LogP contribution in [0.25, 0.3) is 10.8 Å². The molecule has 1 aliphatic rings. The van der Waals surface area contributed by atoms with Crippen LogP contribution in [0.1, 0.15) is 40.0 Å². The molecule has 0 saturated carbocycles. The number of hydrogen-bond acceptors (Lipinski definition) is 3. The molecule has 1 fully saturated rings. The van der Waals surface area contributed by atoms with E-state index in [1.165, 1.54) is 19.5 Å². The molecule has 1 heterocycles. The molecule has 4 heteroatoms. The second-order valence-electron chi connectivity index (χ2n) is 8.34. The van der Waals surface area contributed by atoms with E-state index in [2.05, 4.69) is 36.2 Å². The van der Waals surface area contributed by atoms with Crippen molar-refractivity contribution in [2.45, 2.75) is 46.1 Å². The van der Waals surface area contributed by atoms with Crippen LogP contribution >= 0.6 is 0 Å². The number of carbonyl (C=O) groups is 1.